The van der Waals surface area contributed by atoms with Gasteiger partial charge >= 0.3 is 0 Å². The number of aromatic amines is 1. The zero-order chi connectivity index (χ0) is 13.3. The van der Waals surface area contributed by atoms with Crippen LogP contribution in [0, 0.1) is 13.8 Å². The van der Waals surface area contributed by atoms with Crippen LogP contribution in [0.25, 0.3) is 11.3 Å². The van der Waals surface area contributed by atoms with Crippen molar-refractivity contribution in [3.05, 3.63) is 51.3 Å². The normalized spacial score (nSPS) is 10.9. The molecule has 0 saturated heterocycles. The maximum Gasteiger partial charge on any atom is 0.267 e. The molecule has 2 rings (SSSR count). The summed E-state index contributed by atoms with van der Waals surface area (Å²) in [5, 5.41) is 6.70. The Morgan fingerprint density at radius 2 is 1.89 bits per heavy atom. The smallest absolute Gasteiger partial charge is 0.267 e. The number of aryl methyl sites for hydroxylation is 2. The fourth-order valence-electron chi connectivity index (χ4n) is 2.04. The van der Waals surface area contributed by atoms with Crippen LogP contribution in [0.15, 0.2) is 29.1 Å². The minimum absolute atomic E-state index is 0.127. The van der Waals surface area contributed by atoms with Gasteiger partial charge in [-0.15, -0.1) is 0 Å². The molecule has 0 saturated carbocycles. The summed E-state index contributed by atoms with van der Waals surface area (Å²) in [6.45, 7) is 8.18. The predicted octanol–water partition coefficient (Wildman–Crippen LogP) is 3.18. The predicted molar refractivity (Wildman–Crippen MR) is 73.9 cm³/mol. The van der Waals surface area contributed by atoms with Crippen molar-refractivity contribution in [3.8, 4) is 11.3 Å². The zero-order valence-electron chi connectivity index (χ0n) is 11.2. The number of rotatable bonds is 2. The van der Waals surface area contributed by atoms with Gasteiger partial charge in [0.15, 0.2) is 0 Å². The molecule has 0 atom stereocenters. The second-order valence-corrected chi connectivity index (χ2v) is 5.01. The molecule has 0 radical (unpaired) electrons. The molecule has 0 bridgehead atoms. The van der Waals surface area contributed by atoms with E-state index in [1.54, 1.807) is 6.92 Å². The van der Waals surface area contributed by atoms with Crippen LogP contribution < -0.4 is 5.56 Å². The molecule has 1 N–H and O–H groups in total. The Hall–Kier alpha value is -1.90. The van der Waals surface area contributed by atoms with E-state index in [1.807, 2.05) is 6.07 Å². The van der Waals surface area contributed by atoms with Crippen molar-refractivity contribution in [2.45, 2.75) is 33.6 Å². The van der Waals surface area contributed by atoms with E-state index in [2.05, 4.69) is 49.2 Å². The molecule has 0 unspecified atom stereocenters. The first-order valence-electron chi connectivity index (χ1n) is 6.16. The van der Waals surface area contributed by atoms with Crippen molar-refractivity contribution in [1.29, 1.82) is 0 Å². The number of nitrogens with one attached hydrogen (secondary N) is 1. The highest BCUT2D eigenvalue weighted by Crippen LogP contribution is 2.28. The van der Waals surface area contributed by atoms with Crippen LogP contribution >= 0.6 is 0 Å². The summed E-state index contributed by atoms with van der Waals surface area (Å²) in [4.78, 5) is 11.4. The summed E-state index contributed by atoms with van der Waals surface area (Å²) in [6.07, 6.45) is 0. The van der Waals surface area contributed by atoms with E-state index in [1.165, 1.54) is 11.1 Å². The molecule has 0 amide bonds. The summed E-state index contributed by atoms with van der Waals surface area (Å²) >= 11 is 0. The van der Waals surface area contributed by atoms with Gasteiger partial charge in [-0.25, -0.2) is 5.10 Å². The van der Waals surface area contributed by atoms with Crippen LogP contribution in [0.4, 0.5) is 0 Å². The molecule has 3 heteroatoms. The van der Waals surface area contributed by atoms with Crippen LogP contribution in [0.2, 0.25) is 0 Å². The lowest BCUT2D eigenvalue weighted by Gasteiger charge is -2.13. The van der Waals surface area contributed by atoms with Crippen molar-refractivity contribution in [2.75, 3.05) is 0 Å². The average Bonchev–Trinajstić information content (AvgIpc) is 2.32. The lowest BCUT2D eigenvalue weighted by atomic mass is 9.93. The van der Waals surface area contributed by atoms with Crippen molar-refractivity contribution in [2.24, 2.45) is 0 Å². The summed E-state index contributed by atoms with van der Waals surface area (Å²) < 4.78 is 0. The molecule has 1 heterocycles. The fourth-order valence-corrected chi connectivity index (χ4v) is 2.04. The number of aromatic nitrogens is 2. The van der Waals surface area contributed by atoms with Crippen LogP contribution in [0.1, 0.15) is 36.5 Å². The number of hydrogen-bond acceptors (Lipinski definition) is 2. The Bertz CT molecular complexity index is 627. The summed E-state index contributed by atoms with van der Waals surface area (Å²) in [7, 11) is 0. The summed E-state index contributed by atoms with van der Waals surface area (Å²) in [6, 6.07) is 8.21. The Morgan fingerprint density at radius 1 is 1.17 bits per heavy atom. The molecule has 0 aliphatic heterocycles. The van der Waals surface area contributed by atoms with E-state index >= 15 is 0 Å². The SMILES string of the molecule is Cc1ccc(C(C)C)c(-c2cc(C)c(=O)[nH]n2)c1. The first-order valence-corrected chi connectivity index (χ1v) is 6.16. The molecule has 1 aromatic carbocycles. The van der Waals surface area contributed by atoms with E-state index in [-0.39, 0.29) is 5.56 Å². The van der Waals surface area contributed by atoms with Crippen LogP contribution in [-0.4, -0.2) is 10.2 Å². The second kappa shape index (κ2) is 4.77. The van der Waals surface area contributed by atoms with Gasteiger partial charge in [-0.05, 0) is 37.5 Å². The highest BCUT2D eigenvalue weighted by atomic mass is 16.1. The van der Waals surface area contributed by atoms with Crippen molar-refractivity contribution < 1.29 is 0 Å². The third kappa shape index (κ3) is 2.35. The van der Waals surface area contributed by atoms with Gasteiger partial charge in [0.05, 0.1) is 5.69 Å². The molecule has 1 aromatic heterocycles. The van der Waals surface area contributed by atoms with Gasteiger partial charge in [0.1, 0.15) is 0 Å². The van der Waals surface area contributed by atoms with Crippen molar-refractivity contribution in [3.63, 3.8) is 0 Å². The maximum absolute atomic E-state index is 11.4. The van der Waals surface area contributed by atoms with E-state index < -0.39 is 0 Å². The second-order valence-electron chi connectivity index (χ2n) is 5.01. The molecule has 0 fully saturated rings. The average molecular weight is 242 g/mol. The van der Waals surface area contributed by atoms with Gasteiger partial charge in [-0.3, -0.25) is 4.79 Å². The lowest BCUT2D eigenvalue weighted by Crippen LogP contribution is -2.11. The van der Waals surface area contributed by atoms with Gasteiger partial charge < -0.3 is 0 Å². The van der Waals surface area contributed by atoms with Gasteiger partial charge in [0.2, 0.25) is 0 Å². The zero-order valence-corrected chi connectivity index (χ0v) is 11.2. The topological polar surface area (TPSA) is 45.8 Å². The van der Waals surface area contributed by atoms with Crippen LogP contribution in [0.3, 0.4) is 0 Å². The minimum Gasteiger partial charge on any atom is -0.268 e. The molecular formula is C15H18N2O. The third-order valence-corrected chi connectivity index (χ3v) is 3.10. The quantitative estimate of drug-likeness (QED) is 0.879. The lowest BCUT2D eigenvalue weighted by molar-refractivity contribution is 0.864. The standard InChI is InChI=1S/C15H18N2O/c1-9(2)12-6-5-10(3)7-13(12)14-8-11(4)15(18)17-16-14/h5-9H,1-4H3,(H,17,18). The first kappa shape index (κ1) is 12.6. The minimum atomic E-state index is -0.127. The summed E-state index contributed by atoms with van der Waals surface area (Å²) in [5.74, 6) is 0.426. The largest absolute Gasteiger partial charge is 0.268 e. The van der Waals surface area contributed by atoms with Gasteiger partial charge in [0.25, 0.3) is 5.56 Å². The maximum atomic E-state index is 11.4. The number of benzene rings is 1. The molecule has 94 valence electrons. The molecule has 0 aliphatic rings. The van der Waals surface area contributed by atoms with E-state index in [0.29, 0.717) is 11.5 Å². The summed E-state index contributed by atoms with van der Waals surface area (Å²) in [5.41, 5.74) is 4.94. The van der Waals surface area contributed by atoms with Crippen molar-refractivity contribution in [1.82, 2.24) is 10.2 Å². The molecule has 3 nitrogen and oxygen atoms in total. The Balaban J connectivity index is 2.65. The molecule has 0 spiro atoms. The fraction of sp³-hybridized carbons (Fsp3) is 0.333. The Kier molecular flexibility index (Phi) is 3.32. The molecule has 18 heavy (non-hydrogen) atoms. The van der Waals surface area contributed by atoms with Gasteiger partial charge in [-0.2, -0.15) is 5.10 Å². The third-order valence-electron chi connectivity index (χ3n) is 3.10. The highest BCUT2D eigenvalue weighted by Gasteiger charge is 2.11. The van der Waals surface area contributed by atoms with E-state index in [9.17, 15) is 4.79 Å². The number of H-pyrrole nitrogens is 1. The Morgan fingerprint density at radius 3 is 2.50 bits per heavy atom. The van der Waals surface area contributed by atoms with Crippen molar-refractivity contribution >= 4 is 0 Å². The number of hydrogen-bond donors (Lipinski definition) is 1. The van der Waals surface area contributed by atoms with Crippen LogP contribution in [0.5, 0.6) is 0 Å². The van der Waals surface area contributed by atoms with Gasteiger partial charge in [0, 0.05) is 11.1 Å². The monoisotopic (exact) mass is 242 g/mol. The number of nitrogens with zero attached hydrogens (tertiary/aromatic N) is 1. The van der Waals surface area contributed by atoms with Gasteiger partial charge in [-0.1, -0.05) is 31.5 Å². The Labute approximate surface area is 107 Å². The van der Waals surface area contributed by atoms with E-state index in [0.717, 1.165) is 11.3 Å². The van der Waals surface area contributed by atoms with Crippen LogP contribution in [-0.2, 0) is 0 Å². The highest BCUT2D eigenvalue weighted by molar-refractivity contribution is 5.65. The first-order chi connectivity index (χ1) is 8.49. The molecule has 2 aromatic rings. The van der Waals surface area contributed by atoms with E-state index in [4.69, 9.17) is 0 Å². The molecular weight excluding hydrogens is 224 g/mol. The molecule has 0 aliphatic carbocycles.